The molecule has 3 amide bonds. The van der Waals surface area contributed by atoms with Crippen molar-refractivity contribution in [1.29, 1.82) is 0 Å². The topological polar surface area (TPSA) is 66.5 Å². The molecule has 1 N–H and O–H groups in total. The number of thiol groups is 1. The molecule has 6 heteroatoms. The fourth-order valence-electron chi connectivity index (χ4n) is 1.93. The number of piperazine rings is 1. The van der Waals surface area contributed by atoms with Crippen LogP contribution in [0.2, 0.25) is 0 Å². The molecule has 0 aliphatic carbocycles. The lowest BCUT2D eigenvalue weighted by molar-refractivity contribution is -0.145. The smallest absolute Gasteiger partial charge is 0.246 e. The van der Waals surface area contributed by atoms with Gasteiger partial charge in [-0.25, -0.2) is 0 Å². The predicted molar refractivity (Wildman–Crippen MR) is 72.6 cm³/mol. The van der Waals surface area contributed by atoms with Crippen molar-refractivity contribution < 1.29 is 14.4 Å². The van der Waals surface area contributed by atoms with E-state index in [0.717, 1.165) is 5.56 Å². The highest BCUT2D eigenvalue weighted by Gasteiger charge is 2.29. The SMILES string of the molecule is O=C1CN(C(=O)C(S)Cc2ccccc2)CC(=O)N1. The van der Waals surface area contributed by atoms with Crippen LogP contribution in [-0.4, -0.2) is 41.0 Å². The quantitative estimate of drug-likeness (QED) is 0.605. The maximum atomic E-state index is 12.1. The summed E-state index contributed by atoms with van der Waals surface area (Å²) in [5.41, 5.74) is 0.989. The molecule has 1 aromatic rings. The molecule has 0 spiro atoms. The van der Waals surface area contributed by atoms with Gasteiger partial charge in [0.25, 0.3) is 0 Å². The van der Waals surface area contributed by atoms with Crippen LogP contribution in [0.1, 0.15) is 5.56 Å². The molecule has 19 heavy (non-hydrogen) atoms. The van der Waals surface area contributed by atoms with Crippen LogP contribution in [-0.2, 0) is 20.8 Å². The van der Waals surface area contributed by atoms with Gasteiger partial charge in [0.2, 0.25) is 17.7 Å². The lowest BCUT2D eigenvalue weighted by Gasteiger charge is -2.27. The summed E-state index contributed by atoms with van der Waals surface area (Å²) in [6.45, 7) is -0.174. The standard InChI is InChI=1S/C13H14N2O3S/c16-11-7-15(8-12(17)14-11)13(18)10(19)6-9-4-2-1-3-5-9/h1-5,10,19H,6-8H2,(H,14,16,17). The van der Waals surface area contributed by atoms with Crippen molar-refractivity contribution in [2.75, 3.05) is 13.1 Å². The normalized spacial score (nSPS) is 17.0. The molecule has 1 aromatic carbocycles. The van der Waals surface area contributed by atoms with Gasteiger partial charge in [-0.2, -0.15) is 12.6 Å². The molecule has 1 aliphatic heterocycles. The molecular weight excluding hydrogens is 264 g/mol. The molecule has 100 valence electrons. The maximum absolute atomic E-state index is 12.1. The van der Waals surface area contributed by atoms with Gasteiger partial charge in [-0.3, -0.25) is 19.7 Å². The zero-order valence-corrected chi connectivity index (χ0v) is 11.1. The molecule has 1 fully saturated rings. The zero-order chi connectivity index (χ0) is 13.8. The van der Waals surface area contributed by atoms with E-state index in [0.29, 0.717) is 6.42 Å². The van der Waals surface area contributed by atoms with Crippen LogP contribution in [0.25, 0.3) is 0 Å². The molecule has 1 atom stereocenters. The van der Waals surface area contributed by atoms with E-state index >= 15 is 0 Å². The number of nitrogens with zero attached hydrogens (tertiary/aromatic N) is 1. The van der Waals surface area contributed by atoms with Crippen molar-refractivity contribution in [2.24, 2.45) is 0 Å². The number of rotatable bonds is 3. The summed E-state index contributed by atoms with van der Waals surface area (Å²) in [7, 11) is 0. The number of carbonyl (C=O) groups is 3. The average Bonchev–Trinajstić information content (AvgIpc) is 2.37. The van der Waals surface area contributed by atoms with Crippen molar-refractivity contribution in [2.45, 2.75) is 11.7 Å². The first-order valence-electron chi connectivity index (χ1n) is 5.89. The highest BCUT2D eigenvalue weighted by Crippen LogP contribution is 2.11. The summed E-state index contributed by atoms with van der Waals surface area (Å²) < 4.78 is 0. The Labute approximate surface area is 116 Å². The van der Waals surface area contributed by atoms with Gasteiger partial charge in [-0.05, 0) is 12.0 Å². The molecule has 5 nitrogen and oxygen atoms in total. The Hall–Kier alpha value is -1.82. The van der Waals surface area contributed by atoms with Gasteiger partial charge in [0.15, 0.2) is 0 Å². The van der Waals surface area contributed by atoms with Gasteiger partial charge >= 0.3 is 0 Å². The van der Waals surface area contributed by atoms with Crippen molar-refractivity contribution in [3.8, 4) is 0 Å². The lowest BCUT2D eigenvalue weighted by atomic mass is 10.1. The third kappa shape index (κ3) is 3.57. The number of nitrogens with one attached hydrogen (secondary N) is 1. The van der Waals surface area contributed by atoms with Gasteiger partial charge < -0.3 is 4.90 Å². The van der Waals surface area contributed by atoms with Crippen LogP contribution in [0, 0.1) is 0 Å². The van der Waals surface area contributed by atoms with E-state index < -0.39 is 17.1 Å². The molecule has 0 saturated carbocycles. The Balaban J connectivity index is 1.99. The second-order valence-electron chi connectivity index (χ2n) is 4.37. The number of benzene rings is 1. The summed E-state index contributed by atoms with van der Waals surface area (Å²) in [5, 5.41) is 1.60. The number of hydrogen-bond donors (Lipinski definition) is 2. The van der Waals surface area contributed by atoms with Gasteiger partial charge in [0, 0.05) is 0 Å². The van der Waals surface area contributed by atoms with E-state index in [2.05, 4.69) is 17.9 Å². The maximum Gasteiger partial charge on any atom is 0.246 e. The lowest BCUT2D eigenvalue weighted by Crippen LogP contribution is -2.55. The minimum Gasteiger partial charge on any atom is -0.323 e. The summed E-state index contributed by atoms with van der Waals surface area (Å²) in [6, 6.07) is 9.48. The number of amides is 3. The summed E-state index contributed by atoms with van der Waals surface area (Å²) in [4.78, 5) is 35.8. The van der Waals surface area contributed by atoms with E-state index in [1.165, 1.54) is 4.90 Å². The van der Waals surface area contributed by atoms with Crippen molar-refractivity contribution in [3.63, 3.8) is 0 Å². The van der Waals surface area contributed by atoms with Gasteiger partial charge in [0.1, 0.15) is 13.1 Å². The Bertz CT molecular complexity index is 488. The predicted octanol–water partition coefficient (Wildman–Crippen LogP) is 0.0125. The van der Waals surface area contributed by atoms with Crippen LogP contribution >= 0.6 is 12.6 Å². The molecule has 1 saturated heterocycles. The average molecular weight is 278 g/mol. The van der Waals surface area contributed by atoms with Gasteiger partial charge in [0.05, 0.1) is 5.25 Å². The van der Waals surface area contributed by atoms with Crippen LogP contribution in [0.4, 0.5) is 0 Å². The monoisotopic (exact) mass is 278 g/mol. The first-order chi connectivity index (χ1) is 9.06. The van der Waals surface area contributed by atoms with Crippen molar-refractivity contribution in [1.82, 2.24) is 10.2 Å². The Morgan fingerprint density at radius 1 is 1.21 bits per heavy atom. The Morgan fingerprint density at radius 2 is 1.79 bits per heavy atom. The molecular formula is C13H14N2O3S. The third-order valence-electron chi connectivity index (χ3n) is 2.82. The Morgan fingerprint density at radius 3 is 2.37 bits per heavy atom. The number of hydrogen-bond acceptors (Lipinski definition) is 4. The second kappa shape index (κ2) is 5.88. The first kappa shape index (κ1) is 13.6. The van der Waals surface area contributed by atoms with Gasteiger partial charge in [-0.15, -0.1) is 0 Å². The largest absolute Gasteiger partial charge is 0.323 e. The van der Waals surface area contributed by atoms with E-state index in [1.807, 2.05) is 30.3 Å². The third-order valence-corrected chi connectivity index (χ3v) is 3.22. The van der Waals surface area contributed by atoms with Crippen LogP contribution in [0.5, 0.6) is 0 Å². The second-order valence-corrected chi connectivity index (χ2v) is 4.99. The summed E-state index contributed by atoms with van der Waals surface area (Å²) in [6.07, 6.45) is 0.467. The summed E-state index contributed by atoms with van der Waals surface area (Å²) >= 11 is 4.27. The van der Waals surface area contributed by atoms with Crippen LogP contribution in [0.3, 0.4) is 0 Å². The van der Waals surface area contributed by atoms with E-state index in [1.54, 1.807) is 0 Å². The first-order valence-corrected chi connectivity index (χ1v) is 6.41. The highest BCUT2D eigenvalue weighted by atomic mass is 32.1. The molecule has 1 heterocycles. The number of imide groups is 1. The molecule has 1 aliphatic rings. The fraction of sp³-hybridized carbons (Fsp3) is 0.308. The molecule has 1 unspecified atom stereocenters. The summed E-state index contributed by atoms with van der Waals surface area (Å²) in [5.74, 6) is -1.20. The number of carbonyl (C=O) groups excluding carboxylic acids is 3. The minimum absolute atomic E-state index is 0.0869. The van der Waals surface area contributed by atoms with E-state index in [9.17, 15) is 14.4 Å². The van der Waals surface area contributed by atoms with Crippen molar-refractivity contribution in [3.05, 3.63) is 35.9 Å². The molecule has 0 bridgehead atoms. The Kier molecular flexibility index (Phi) is 4.21. The molecule has 0 radical (unpaired) electrons. The van der Waals surface area contributed by atoms with Crippen molar-refractivity contribution >= 4 is 30.4 Å². The highest BCUT2D eigenvalue weighted by molar-refractivity contribution is 7.81. The van der Waals surface area contributed by atoms with Crippen LogP contribution < -0.4 is 5.32 Å². The van der Waals surface area contributed by atoms with E-state index in [4.69, 9.17) is 0 Å². The van der Waals surface area contributed by atoms with Gasteiger partial charge in [-0.1, -0.05) is 30.3 Å². The minimum atomic E-state index is -0.555. The van der Waals surface area contributed by atoms with Crippen LogP contribution in [0.15, 0.2) is 30.3 Å². The molecule has 0 aromatic heterocycles. The molecule has 2 rings (SSSR count). The van der Waals surface area contributed by atoms with E-state index in [-0.39, 0.29) is 19.0 Å². The fourth-order valence-corrected chi connectivity index (χ4v) is 2.30. The zero-order valence-electron chi connectivity index (χ0n) is 10.2.